The van der Waals surface area contributed by atoms with Gasteiger partial charge in [-0.2, -0.15) is 0 Å². The van der Waals surface area contributed by atoms with Crippen molar-refractivity contribution in [3.8, 4) is 0 Å². The van der Waals surface area contributed by atoms with Crippen LogP contribution in [0.2, 0.25) is 0 Å². The monoisotopic (exact) mass is 592 g/mol. The van der Waals surface area contributed by atoms with Crippen LogP contribution in [0.1, 0.15) is 40.5 Å². The fourth-order valence-corrected chi connectivity index (χ4v) is 4.36. The minimum atomic E-state index is -1.01. The lowest BCUT2D eigenvalue weighted by Crippen LogP contribution is -2.27. The maximum absolute atomic E-state index is 12.3. The van der Waals surface area contributed by atoms with Crippen LogP contribution in [0.25, 0.3) is 0 Å². The van der Waals surface area contributed by atoms with Gasteiger partial charge < -0.3 is 23.7 Å². The molecule has 0 N–H and O–H groups in total. The number of alkyl halides is 2. The summed E-state index contributed by atoms with van der Waals surface area (Å²) in [7, 11) is 0. The van der Waals surface area contributed by atoms with Crippen LogP contribution in [0.3, 0.4) is 0 Å². The summed E-state index contributed by atoms with van der Waals surface area (Å²) in [5, 5.41) is -0.975. The smallest absolute Gasteiger partial charge is 0.370 e. The molecule has 36 heavy (non-hydrogen) atoms. The van der Waals surface area contributed by atoms with Gasteiger partial charge in [-0.25, -0.2) is 4.79 Å². The number of hydrogen-bond donors (Lipinski definition) is 0. The minimum absolute atomic E-state index is 0.0169. The van der Waals surface area contributed by atoms with Gasteiger partial charge in [-0.15, -0.1) is 23.2 Å². The number of ether oxygens (including phenoxy) is 5. The molecule has 0 radical (unpaired) electrons. The van der Waals surface area contributed by atoms with E-state index in [1.807, 2.05) is 0 Å². The second-order valence-electron chi connectivity index (χ2n) is 7.12. The summed E-state index contributed by atoms with van der Waals surface area (Å²) in [6.07, 6.45) is -0.0267. The van der Waals surface area contributed by atoms with Crippen LogP contribution in [-0.4, -0.2) is 76.7 Å². The number of hydrogen-bond acceptors (Lipinski definition) is 13. The molecule has 0 aromatic carbocycles. The third kappa shape index (κ3) is 16.1. The van der Waals surface area contributed by atoms with E-state index in [1.165, 1.54) is 20.8 Å². The van der Waals surface area contributed by atoms with Crippen molar-refractivity contribution < 1.29 is 52.5 Å². The largest absolute Gasteiger partial charge is 0.462 e. The number of thioether (sulfide) groups is 2. The molecular weight excluding hydrogens is 563 g/mol. The predicted molar refractivity (Wildman–Crippen MR) is 134 cm³/mol. The van der Waals surface area contributed by atoms with E-state index in [4.69, 9.17) is 46.9 Å². The highest BCUT2D eigenvalue weighted by Gasteiger charge is 2.27. The molecule has 0 saturated carbocycles. The van der Waals surface area contributed by atoms with Crippen LogP contribution >= 0.6 is 46.7 Å². The Hall–Kier alpha value is -1.70. The molecule has 0 saturated heterocycles. The molecule has 0 aromatic heterocycles. The zero-order chi connectivity index (χ0) is 27.7. The number of carbonyl (C=O) groups is 6. The summed E-state index contributed by atoms with van der Waals surface area (Å²) in [6, 6.07) is 0. The van der Waals surface area contributed by atoms with E-state index < -0.39 is 63.6 Å². The molecule has 0 amide bonds. The highest BCUT2D eigenvalue weighted by atomic mass is 35.5. The first-order valence-electron chi connectivity index (χ1n) is 10.8. The molecule has 0 bridgehead atoms. The van der Waals surface area contributed by atoms with Crippen molar-refractivity contribution in [3.63, 3.8) is 0 Å². The van der Waals surface area contributed by atoms with Crippen molar-refractivity contribution >= 4 is 81.0 Å². The Kier molecular flexibility index (Phi) is 18.5. The molecule has 15 heteroatoms. The van der Waals surface area contributed by atoms with Gasteiger partial charge in [0, 0.05) is 31.5 Å². The molecule has 0 aliphatic carbocycles. The van der Waals surface area contributed by atoms with Crippen LogP contribution in [0.4, 0.5) is 4.79 Å². The molecule has 206 valence electrons. The average molecular weight is 594 g/mol. The van der Waals surface area contributed by atoms with E-state index in [9.17, 15) is 28.8 Å². The lowest BCUT2D eigenvalue weighted by atomic mass is 10.1. The highest BCUT2D eigenvalue weighted by molar-refractivity contribution is 8.14. The van der Waals surface area contributed by atoms with Crippen molar-refractivity contribution in [1.82, 2.24) is 0 Å². The van der Waals surface area contributed by atoms with E-state index in [0.29, 0.717) is 11.8 Å². The predicted octanol–water partition coefficient (Wildman–Crippen LogP) is 3.51. The summed E-state index contributed by atoms with van der Waals surface area (Å²) in [5.74, 6) is -5.11. The topological polar surface area (TPSA) is 149 Å². The fourth-order valence-electron chi connectivity index (χ4n) is 2.38. The lowest BCUT2D eigenvalue weighted by molar-refractivity contribution is -0.158. The summed E-state index contributed by atoms with van der Waals surface area (Å²) < 4.78 is 25.1. The van der Waals surface area contributed by atoms with Gasteiger partial charge in [0.2, 0.25) is 0 Å². The molecule has 0 heterocycles. The zero-order valence-electron chi connectivity index (χ0n) is 20.3. The van der Waals surface area contributed by atoms with Crippen molar-refractivity contribution in [1.29, 1.82) is 0 Å². The van der Waals surface area contributed by atoms with Gasteiger partial charge in [-0.05, 0) is 18.7 Å². The van der Waals surface area contributed by atoms with Crippen molar-refractivity contribution in [2.75, 3.05) is 31.6 Å². The van der Waals surface area contributed by atoms with Gasteiger partial charge in [0.25, 0.3) is 0 Å². The third-order valence-corrected chi connectivity index (χ3v) is 6.18. The lowest BCUT2D eigenvalue weighted by Gasteiger charge is -2.20. The van der Waals surface area contributed by atoms with Gasteiger partial charge in [-0.1, -0.05) is 13.8 Å². The van der Waals surface area contributed by atoms with Gasteiger partial charge >= 0.3 is 29.2 Å². The van der Waals surface area contributed by atoms with E-state index in [1.54, 1.807) is 6.92 Å². The van der Waals surface area contributed by atoms with Crippen molar-refractivity contribution in [3.05, 3.63) is 0 Å². The Balaban J connectivity index is 4.61. The Morgan fingerprint density at radius 2 is 1.14 bits per heavy atom. The van der Waals surface area contributed by atoms with Gasteiger partial charge in [-0.3, -0.25) is 24.0 Å². The molecule has 0 spiro atoms. The molecule has 0 rings (SSSR count). The van der Waals surface area contributed by atoms with Crippen LogP contribution in [0.5, 0.6) is 0 Å². The zero-order valence-corrected chi connectivity index (χ0v) is 23.5. The maximum Gasteiger partial charge on any atom is 0.370 e. The number of halogens is 2. The van der Waals surface area contributed by atoms with Gasteiger partial charge in [0.15, 0.2) is 16.0 Å². The van der Waals surface area contributed by atoms with Crippen molar-refractivity contribution in [2.45, 2.75) is 51.4 Å². The average Bonchev–Trinajstić information content (AvgIpc) is 2.80. The molecule has 11 nitrogen and oxygen atoms in total. The number of esters is 4. The first-order valence-corrected chi connectivity index (χ1v) is 13.6. The molecule has 4 atom stereocenters. The van der Waals surface area contributed by atoms with Crippen LogP contribution < -0.4 is 0 Å². The second-order valence-corrected chi connectivity index (χ2v) is 10.1. The maximum atomic E-state index is 12.3. The summed E-state index contributed by atoms with van der Waals surface area (Å²) >= 11 is 12.2. The first-order chi connectivity index (χ1) is 16.9. The molecule has 0 aliphatic heterocycles. The SMILES string of the molecule is CCOC(=O)SC(CC(C)C(=O)OCCOC(=O)C(C)CC(OC(=O)CCl)SC(C)=O)OC(=O)CCl. The molecule has 0 aliphatic rings. The Bertz CT molecular complexity index is 766. The highest BCUT2D eigenvalue weighted by Crippen LogP contribution is 2.24. The number of rotatable bonds is 16. The van der Waals surface area contributed by atoms with E-state index in [2.05, 4.69) is 0 Å². The number of carbonyl (C=O) groups excluding carboxylic acids is 6. The summed E-state index contributed by atoms with van der Waals surface area (Å²) in [6.45, 7) is 5.60. The summed E-state index contributed by atoms with van der Waals surface area (Å²) in [5.41, 5.74) is -1.91. The second kappa shape index (κ2) is 19.4. The Labute approximate surface area is 227 Å². The van der Waals surface area contributed by atoms with Gasteiger partial charge in [0.1, 0.15) is 25.0 Å². The quantitative estimate of drug-likeness (QED) is 0.0846. The minimum Gasteiger partial charge on any atom is -0.462 e. The molecule has 4 unspecified atom stereocenters. The van der Waals surface area contributed by atoms with Crippen LogP contribution in [-0.2, 0) is 47.7 Å². The van der Waals surface area contributed by atoms with Gasteiger partial charge in [0.05, 0.1) is 18.4 Å². The third-order valence-electron chi connectivity index (χ3n) is 4.00. The van der Waals surface area contributed by atoms with E-state index in [-0.39, 0.29) is 37.8 Å². The normalized spacial score (nSPS) is 13.9. The van der Waals surface area contributed by atoms with Crippen molar-refractivity contribution in [2.24, 2.45) is 11.8 Å². The van der Waals surface area contributed by atoms with E-state index in [0.717, 1.165) is 11.8 Å². The standard InChI is InChI=1S/C21H30Cl2O11S2/c1-5-30-21(29)36-18(34-16(26)11-23)9-13(3)20(28)32-7-6-31-19(27)12(2)8-17(35-14(4)24)33-15(25)10-22/h12-13,17-18H,5-11H2,1-4H3. The fraction of sp³-hybridized carbons (Fsp3) is 0.714. The Morgan fingerprint density at radius 3 is 1.50 bits per heavy atom. The van der Waals surface area contributed by atoms with Crippen LogP contribution in [0, 0.1) is 11.8 Å². The Morgan fingerprint density at radius 1 is 0.722 bits per heavy atom. The molecular formula is C21H30Cl2O11S2. The molecule has 0 aromatic rings. The van der Waals surface area contributed by atoms with Crippen LogP contribution in [0.15, 0.2) is 0 Å². The first kappa shape index (κ1) is 34.3. The van der Waals surface area contributed by atoms with E-state index >= 15 is 0 Å². The molecule has 0 fully saturated rings. The summed E-state index contributed by atoms with van der Waals surface area (Å²) in [4.78, 5) is 70.4.